The van der Waals surface area contributed by atoms with Gasteiger partial charge < -0.3 is 15.0 Å². The molecule has 12 heteroatoms. The normalized spacial score (nSPS) is 12.0. The number of rotatable bonds is 5. The predicted octanol–water partition coefficient (Wildman–Crippen LogP) is 2.39. The number of fused-ring (bicyclic) bond motifs is 1. The largest absolute Gasteiger partial charge is 0.448 e. The van der Waals surface area contributed by atoms with Crippen molar-refractivity contribution >= 4 is 40.5 Å². The lowest BCUT2D eigenvalue weighted by Gasteiger charge is -2.14. The van der Waals surface area contributed by atoms with E-state index >= 15 is 0 Å². The first-order chi connectivity index (χ1) is 14.8. The van der Waals surface area contributed by atoms with Crippen molar-refractivity contribution < 1.29 is 14.3 Å². The minimum absolute atomic E-state index is 0.0952. The number of carbonyl (C=O) groups is 2. The molecule has 0 saturated carbocycles. The number of aromatic nitrogens is 7. The number of nitrogens with zero attached hydrogens (tertiary/aromatic N) is 6. The number of halogens is 1. The summed E-state index contributed by atoms with van der Waals surface area (Å²) in [5, 5.41) is 7.02. The van der Waals surface area contributed by atoms with Gasteiger partial charge in [0.25, 0.3) is 5.91 Å². The first kappa shape index (κ1) is 20.4. The summed E-state index contributed by atoms with van der Waals surface area (Å²) in [6.45, 7) is 5.14. The van der Waals surface area contributed by atoms with Gasteiger partial charge >= 0.3 is 5.97 Å². The maximum Gasteiger partial charge on any atom is 0.359 e. The van der Waals surface area contributed by atoms with Crippen LogP contribution >= 0.6 is 11.6 Å². The van der Waals surface area contributed by atoms with E-state index in [-0.39, 0.29) is 16.5 Å². The highest BCUT2D eigenvalue weighted by Gasteiger charge is 2.24. The van der Waals surface area contributed by atoms with Crippen molar-refractivity contribution in [2.75, 3.05) is 5.32 Å². The molecule has 31 heavy (non-hydrogen) atoms. The van der Waals surface area contributed by atoms with E-state index in [0.29, 0.717) is 17.0 Å². The lowest BCUT2D eigenvalue weighted by molar-refractivity contribution is -0.123. The fourth-order valence-electron chi connectivity index (χ4n) is 2.90. The second-order valence-electron chi connectivity index (χ2n) is 6.70. The Morgan fingerprint density at radius 1 is 1.23 bits per heavy atom. The molecule has 0 aliphatic rings. The first-order valence-corrected chi connectivity index (χ1v) is 9.57. The molecule has 0 fully saturated rings. The van der Waals surface area contributed by atoms with Gasteiger partial charge in [-0.3, -0.25) is 4.79 Å². The summed E-state index contributed by atoms with van der Waals surface area (Å²) in [6.07, 6.45) is 1.56. The van der Waals surface area contributed by atoms with Gasteiger partial charge in [0.15, 0.2) is 29.1 Å². The third kappa shape index (κ3) is 4.08. The molecule has 0 aliphatic heterocycles. The van der Waals surface area contributed by atoms with Gasteiger partial charge in [0.1, 0.15) is 11.8 Å². The van der Waals surface area contributed by atoms with Gasteiger partial charge in [-0.15, -0.1) is 0 Å². The van der Waals surface area contributed by atoms with Gasteiger partial charge in [-0.2, -0.15) is 5.10 Å². The number of esters is 1. The van der Waals surface area contributed by atoms with E-state index in [1.807, 2.05) is 19.9 Å². The lowest BCUT2D eigenvalue weighted by atomic mass is 10.3. The van der Waals surface area contributed by atoms with Crippen LogP contribution in [0.5, 0.6) is 0 Å². The maximum atomic E-state index is 12.7. The van der Waals surface area contributed by atoms with E-state index in [0.717, 1.165) is 11.4 Å². The molecular formula is C19H17ClN8O3. The van der Waals surface area contributed by atoms with E-state index in [4.69, 9.17) is 16.3 Å². The van der Waals surface area contributed by atoms with Crippen LogP contribution in [0.3, 0.4) is 0 Å². The second-order valence-corrected chi connectivity index (χ2v) is 7.11. The highest BCUT2D eigenvalue weighted by molar-refractivity contribution is 6.33. The summed E-state index contributed by atoms with van der Waals surface area (Å²) < 4.78 is 6.86. The number of pyridine rings is 1. The Balaban J connectivity index is 1.51. The van der Waals surface area contributed by atoms with E-state index in [1.54, 1.807) is 10.7 Å². The van der Waals surface area contributed by atoms with E-state index in [1.165, 1.54) is 25.6 Å². The second kappa shape index (κ2) is 8.11. The smallest absolute Gasteiger partial charge is 0.359 e. The minimum atomic E-state index is -1.14. The number of hydrogen-bond donors (Lipinski definition) is 2. The monoisotopic (exact) mass is 440 g/mol. The van der Waals surface area contributed by atoms with Crippen LogP contribution in [0.2, 0.25) is 5.02 Å². The number of anilines is 1. The molecule has 0 spiro atoms. The number of carbonyl (C=O) groups excluding carboxylic acids is 2. The fourth-order valence-corrected chi connectivity index (χ4v) is 3.08. The molecule has 4 aromatic heterocycles. The summed E-state index contributed by atoms with van der Waals surface area (Å²) in [7, 11) is 0. The van der Waals surface area contributed by atoms with Crippen LogP contribution in [-0.4, -0.2) is 52.7 Å². The highest BCUT2D eigenvalue weighted by atomic mass is 35.5. The average molecular weight is 441 g/mol. The Labute approximate surface area is 180 Å². The zero-order chi connectivity index (χ0) is 22.1. The van der Waals surface area contributed by atoms with Crippen LogP contribution in [0.4, 0.5) is 5.82 Å². The third-order valence-electron chi connectivity index (χ3n) is 4.37. The molecule has 0 aliphatic carbocycles. The van der Waals surface area contributed by atoms with Crippen molar-refractivity contribution in [2.45, 2.75) is 26.9 Å². The Kier molecular flexibility index (Phi) is 5.34. The molecular weight excluding hydrogens is 424 g/mol. The van der Waals surface area contributed by atoms with Gasteiger partial charge in [-0.05, 0) is 39.0 Å². The van der Waals surface area contributed by atoms with Crippen LogP contribution in [-0.2, 0) is 9.53 Å². The third-order valence-corrected chi connectivity index (χ3v) is 4.67. The van der Waals surface area contributed by atoms with Crippen LogP contribution < -0.4 is 5.32 Å². The number of imidazole rings is 1. The fraction of sp³-hybridized carbons (Fsp3) is 0.211. The van der Waals surface area contributed by atoms with Gasteiger partial charge in [0.05, 0.1) is 17.0 Å². The zero-order valence-corrected chi connectivity index (χ0v) is 17.5. The predicted molar refractivity (Wildman–Crippen MR) is 111 cm³/mol. The van der Waals surface area contributed by atoms with Crippen LogP contribution in [0.1, 0.15) is 28.8 Å². The standard InChI is InChI=1S/C19H17ClN8O3/c1-9-6-10(2)28(27-9)13-5-4-12(20)14(25-13)19(30)31-11(3)18(29)26-17-15-16(22-7-21-15)23-8-24-17/h4-8,11H,1-3H3,(H2,21,22,23,24,26,29). The molecule has 11 nitrogen and oxygen atoms in total. The molecule has 158 valence electrons. The number of ether oxygens (including phenoxy) is 1. The molecule has 0 bridgehead atoms. The summed E-state index contributed by atoms with van der Waals surface area (Å²) >= 11 is 6.15. The Morgan fingerprint density at radius 3 is 2.77 bits per heavy atom. The van der Waals surface area contributed by atoms with E-state index < -0.39 is 18.0 Å². The van der Waals surface area contributed by atoms with Crippen LogP contribution in [0.15, 0.2) is 30.9 Å². The molecule has 0 saturated heterocycles. The summed E-state index contributed by atoms with van der Waals surface area (Å²) in [4.78, 5) is 44.3. The number of hydrogen-bond acceptors (Lipinski definition) is 8. The molecule has 0 aromatic carbocycles. The molecule has 4 aromatic rings. The maximum absolute atomic E-state index is 12.7. The summed E-state index contributed by atoms with van der Waals surface area (Å²) in [5.74, 6) is -0.807. The first-order valence-electron chi connectivity index (χ1n) is 9.19. The minimum Gasteiger partial charge on any atom is -0.448 e. The van der Waals surface area contributed by atoms with Gasteiger partial charge in [-0.1, -0.05) is 11.6 Å². The Morgan fingerprint density at radius 2 is 2.03 bits per heavy atom. The van der Waals surface area contributed by atoms with E-state index in [2.05, 4.69) is 35.3 Å². The number of amides is 1. The summed E-state index contributed by atoms with van der Waals surface area (Å²) in [5.41, 5.74) is 2.38. The quantitative estimate of drug-likeness (QED) is 0.450. The Hall–Kier alpha value is -3.86. The lowest BCUT2D eigenvalue weighted by Crippen LogP contribution is -2.30. The molecule has 4 rings (SSSR count). The van der Waals surface area contributed by atoms with Crippen molar-refractivity contribution in [2.24, 2.45) is 0 Å². The molecule has 2 N–H and O–H groups in total. The SMILES string of the molecule is Cc1cc(C)n(-c2ccc(Cl)c(C(=O)OC(C)C(=O)Nc3ncnc4nc[nH]c34)n2)n1. The van der Waals surface area contributed by atoms with Gasteiger partial charge in [0, 0.05) is 5.69 Å². The molecule has 1 atom stereocenters. The number of aryl methyl sites for hydroxylation is 2. The highest BCUT2D eigenvalue weighted by Crippen LogP contribution is 2.20. The van der Waals surface area contributed by atoms with Crippen LogP contribution in [0, 0.1) is 13.8 Å². The van der Waals surface area contributed by atoms with Crippen molar-refractivity contribution in [1.82, 2.24) is 34.7 Å². The number of H-pyrrole nitrogens is 1. The van der Waals surface area contributed by atoms with Crippen molar-refractivity contribution in [3.05, 3.63) is 53.0 Å². The zero-order valence-electron chi connectivity index (χ0n) is 16.8. The average Bonchev–Trinajstić information content (AvgIpc) is 3.34. The molecule has 0 radical (unpaired) electrons. The van der Waals surface area contributed by atoms with Crippen molar-refractivity contribution in [3.63, 3.8) is 0 Å². The summed E-state index contributed by atoms with van der Waals surface area (Å²) in [6, 6.07) is 5.04. The van der Waals surface area contributed by atoms with Gasteiger partial charge in [-0.25, -0.2) is 29.4 Å². The van der Waals surface area contributed by atoms with Crippen LogP contribution in [0.25, 0.3) is 17.0 Å². The molecule has 4 heterocycles. The molecule has 1 unspecified atom stereocenters. The van der Waals surface area contributed by atoms with E-state index in [9.17, 15) is 9.59 Å². The van der Waals surface area contributed by atoms with Crippen molar-refractivity contribution in [3.8, 4) is 5.82 Å². The van der Waals surface area contributed by atoms with Crippen molar-refractivity contribution in [1.29, 1.82) is 0 Å². The topological polar surface area (TPSA) is 141 Å². The molecule has 1 amide bonds. The number of aromatic amines is 1. The van der Waals surface area contributed by atoms with Gasteiger partial charge in [0.2, 0.25) is 0 Å². The number of nitrogens with one attached hydrogen (secondary N) is 2. The Bertz CT molecular complexity index is 1300.